The number of carbonyl (C=O) groups is 2. The van der Waals surface area contributed by atoms with E-state index in [2.05, 4.69) is 10.6 Å². The average Bonchev–Trinajstić information content (AvgIpc) is 2.61. The topological polar surface area (TPSA) is 61.4 Å². The van der Waals surface area contributed by atoms with Crippen LogP contribution in [0.5, 0.6) is 0 Å². The number of hydrogen-bond acceptors (Lipinski definition) is 2. The van der Waals surface area contributed by atoms with Crippen LogP contribution in [0.15, 0.2) is 0 Å². The van der Waals surface area contributed by atoms with E-state index in [1.54, 1.807) is 0 Å². The standard InChI is InChI=1S/C19H33N3O2/c23-18-16-11-5-6-12-17(16)22(14-8-2-7-13-20-18)19(24)21-15-9-3-1-4-10-15/h15-17H,1-14H2,(H,20,23)(H,21,24). The molecular weight excluding hydrogens is 302 g/mol. The van der Waals surface area contributed by atoms with Crippen LogP contribution in [0.1, 0.15) is 77.0 Å². The quantitative estimate of drug-likeness (QED) is 0.773. The van der Waals surface area contributed by atoms with Crippen molar-refractivity contribution >= 4 is 11.9 Å². The van der Waals surface area contributed by atoms with Gasteiger partial charge in [-0.05, 0) is 44.9 Å². The average molecular weight is 335 g/mol. The molecule has 1 aliphatic heterocycles. The first-order valence-corrected chi connectivity index (χ1v) is 10.1. The summed E-state index contributed by atoms with van der Waals surface area (Å²) in [5.74, 6) is 0.144. The van der Waals surface area contributed by atoms with E-state index in [1.165, 1.54) is 19.3 Å². The maximum absolute atomic E-state index is 13.0. The van der Waals surface area contributed by atoms with E-state index in [1.807, 2.05) is 4.90 Å². The second-order valence-corrected chi connectivity index (χ2v) is 7.79. The number of nitrogens with one attached hydrogen (secondary N) is 2. The minimum absolute atomic E-state index is 0.0195. The molecule has 3 fully saturated rings. The Labute approximate surface area is 145 Å². The highest BCUT2D eigenvalue weighted by Gasteiger charge is 2.37. The minimum Gasteiger partial charge on any atom is -0.356 e. The van der Waals surface area contributed by atoms with Gasteiger partial charge in [-0.3, -0.25) is 4.79 Å². The molecule has 3 amide bonds. The van der Waals surface area contributed by atoms with Gasteiger partial charge < -0.3 is 15.5 Å². The first kappa shape index (κ1) is 17.6. The van der Waals surface area contributed by atoms with Crippen molar-refractivity contribution in [3.8, 4) is 0 Å². The van der Waals surface area contributed by atoms with Gasteiger partial charge in [0.2, 0.25) is 5.91 Å². The van der Waals surface area contributed by atoms with Crippen molar-refractivity contribution in [2.75, 3.05) is 13.1 Å². The summed E-state index contributed by atoms with van der Waals surface area (Å²) in [4.78, 5) is 27.5. The van der Waals surface area contributed by atoms with Crippen LogP contribution in [-0.4, -0.2) is 42.0 Å². The SMILES string of the molecule is O=C1NCCCCCN(C(=O)NC2CCCCC2)C2CCCCC12. The van der Waals surface area contributed by atoms with Crippen LogP contribution >= 0.6 is 0 Å². The van der Waals surface area contributed by atoms with Crippen LogP contribution in [0, 0.1) is 5.92 Å². The molecule has 5 nitrogen and oxygen atoms in total. The van der Waals surface area contributed by atoms with Gasteiger partial charge in [-0.1, -0.05) is 32.1 Å². The lowest BCUT2D eigenvalue weighted by atomic mass is 9.82. The van der Waals surface area contributed by atoms with Gasteiger partial charge in [-0.25, -0.2) is 4.79 Å². The Morgan fingerprint density at radius 1 is 0.917 bits per heavy atom. The normalized spacial score (nSPS) is 30.2. The maximum Gasteiger partial charge on any atom is 0.317 e. The zero-order valence-corrected chi connectivity index (χ0v) is 14.9. The molecule has 5 heteroatoms. The zero-order chi connectivity index (χ0) is 16.8. The van der Waals surface area contributed by atoms with Gasteiger partial charge >= 0.3 is 6.03 Å². The highest BCUT2D eigenvalue weighted by Crippen LogP contribution is 2.30. The molecule has 0 aromatic carbocycles. The Balaban J connectivity index is 1.70. The summed E-state index contributed by atoms with van der Waals surface area (Å²) in [5.41, 5.74) is 0. The fourth-order valence-corrected chi connectivity index (χ4v) is 4.64. The molecule has 3 aliphatic rings. The Morgan fingerprint density at radius 3 is 2.46 bits per heavy atom. The van der Waals surface area contributed by atoms with Crippen LogP contribution < -0.4 is 10.6 Å². The van der Waals surface area contributed by atoms with Crippen LogP contribution in [0.4, 0.5) is 4.79 Å². The summed E-state index contributed by atoms with van der Waals surface area (Å²) in [5, 5.41) is 6.37. The number of nitrogens with zero attached hydrogens (tertiary/aromatic N) is 1. The molecule has 3 rings (SSSR count). The molecule has 24 heavy (non-hydrogen) atoms. The zero-order valence-electron chi connectivity index (χ0n) is 14.9. The Hall–Kier alpha value is -1.26. The van der Waals surface area contributed by atoms with Crippen LogP contribution in [0.2, 0.25) is 0 Å². The van der Waals surface area contributed by atoms with Gasteiger partial charge in [0.1, 0.15) is 0 Å². The maximum atomic E-state index is 13.0. The fraction of sp³-hybridized carbons (Fsp3) is 0.895. The lowest BCUT2D eigenvalue weighted by Crippen LogP contribution is -2.55. The second kappa shape index (κ2) is 8.72. The van der Waals surface area contributed by atoms with Crippen molar-refractivity contribution < 1.29 is 9.59 Å². The van der Waals surface area contributed by atoms with Gasteiger partial charge in [0.05, 0.1) is 5.92 Å². The van der Waals surface area contributed by atoms with E-state index in [4.69, 9.17) is 0 Å². The van der Waals surface area contributed by atoms with E-state index in [0.29, 0.717) is 6.04 Å². The van der Waals surface area contributed by atoms with E-state index in [9.17, 15) is 9.59 Å². The van der Waals surface area contributed by atoms with Gasteiger partial charge in [0, 0.05) is 25.2 Å². The van der Waals surface area contributed by atoms with Crippen molar-refractivity contribution in [3.63, 3.8) is 0 Å². The van der Waals surface area contributed by atoms with Crippen molar-refractivity contribution in [1.29, 1.82) is 0 Å². The lowest BCUT2D eigenvalue weighted by molar-refractivity contribution is -0.128. The Bertz CT molecular complexity index is 434. The largest absolute Gasteiger partial charge is 0.356 e. The minimum atomic E-state index is -0.0195. The van der Waals surface area contributed by atoms with E-state index in [-0.39, 0.29) is 23.9 Å². The van der Waals surface area contributed by atoms with Gasteiger partial charge in [0.25, 0.3) is 0 Å². The molecule has 0 spiro atoms. The fourth-order valence-electron chi connectivity index (χ4n) is 4.64. The molecule has 0 aromatic rings. The molecule has 136 valence electrons. The smallest absolute Gasteiger partial charge is 0.317 e. The Morgan fingerprint density at radius 2 is 1.62 bits per heavy atom. The first-order chi connectivity index (χ1) is 11.8. The molecule has 0 aromatic heterocycles. The molecule has 2 N–H and O–H groups in total. The summed E-state index contributed by atoms with van der Waals surface area (Å²) in [6.07, 6.45) is 13.2. The van der Waals surface area contributed by atoms with E-state index in [0.717, 1.165) is 70.9 Å². The summed E-state index contributed by atoms with van der Waals surface area (Å²) in [7, 11) is 0. The van der Waals surface area contributed by atoms with Gasteiger partial charge in [-0.15, -0.1) is 0 Å². The van der Waals surface area contributed by atoms with Crippen LogP contribution in [-0.2, 0) is 4.79 Å². The summed E-state index contributed by atoms with van der Waals surface area (Å²) < 4.78 is 0. The van der Waals surface area contributed by atoms with E-state index >= 15 is 0 Å². The highest BCUT2D eigenvalue weighted by molar-refractivity contribution is 5.81. The monoisotopic (exact) mass is 335 g/mol. The number of urea groups is 1. The molecular formula is C19H33N3O2. The second-order valence-electron chi connectivity index (χ2n) is 7.79. The molecule has 0 bridgehead atoms. The number of amides is 3. The van der Waals surface area contributed by atoms with Crippen molar-refractivity contribution in [3.05, 3.63) is 0 Å². The number of rotatable bonds is 1. The molecule has 0 radical (unpaired) electrons. The van der Waals surface area contributed by atoms with Gasteiger partial charge in [0.15, 0.2) is 0 Å². The van der Waals surface area contributed by atoms with Crippen LogP contribution in [0.3, 0.4) is 0 Å². The predicted molar refractivity (Wildman–Crippen MR) is 94.7 cm³/mol. The third-order valence-corrected chi connectivity index (χ3v) is 6.04. The summed E-state index contributed by atoms with van der Waals surface area (Å²) >= 11 is 0. The molecule has 1 saturated heterocycles. The number of hydrogen-bond donors (Lipinski definition) is 2. The van der Waals surface area contributed by atoms with Crippen molar-refractivity contribution in [2.24, 2.45) is 5.92 Å². The Kier molecular flexibility index (Phi) is 6.38. The molecule has 2 saturated carbocycles. The molecule has 2 aliphatic carbocycles. The first-order valence-electron chi connectivity index (χ1n) is 10.1. The predicted octanol–water partition coefficient (Wildman–Crippen LogP) is 3.19. The summed E-state index contributed by atoms with van der Waals surface area (Å²) in [6.45, 7) is 1.59. The lowest BCUT2D eigenvalue weighted by Gasteiger charge is -2.40. The molecule has 2 unspecified atom stereocenters. The highest BCUT2D eigenvalue weighted by atomic mass is 16.2. The number of fused-ring (bicyclic) bond motifs is 1. The third-order valence-electron chi connectivity index (χ3n) is 6.04. The van der Waals surface area contributed by atoms with Crippen molar-refractivity contribution in [2.45, 2.75) is 89.1 Å². The molecule has 1 heterocycles. The van der Waals surface area contributed by atoms with E-state index < -0.39 is 0 Å². The summed E-state index contributed by atoms with van der Waals surface area (Å²) in [6, 6.07) is 0.491. The van der Waals surface area contributed by atoms with Crippen molar-refractivity contribution in [1.82, 2.24) is 15.5 Å². The van der Waals surface area contributed by atoms with Gasteiger partial charge in [-0.2, -0.15) is 0 Å². The molecule has 2 atom stereocenters. The third kappa shape index (κ3) is 4.42. The number of carbonyl (C=O) groups excluding carboxylic acids is 2. The van der Waals surface area contributed by atoms with Crippen LogP contribution in [0.25, 0.3) is 0 Å².